The van der Waals surface area contributed by atoms with Crippen molar-refractivity contribution in [1.29, 1.82) is 0 Å². The van der Waals surface area contributed by atoms with Crippen molar-refractivity contribution >= 4 is 20.0 Å². The first kappa shape index (κ1) is 13.9. The summed E-state index contributed by atoms with van der Waals surface area (Å²) >= 11 is 0. The van der Waals surface area contributed by atoms with E-state index in [0.717, 1.165) is 31.8 Å². The van der Waals surface area contributed by atoms with Gasteiger partial charge in [0.2, 0.25) is 20.0 Å². The van der Waals surface area contributed by atoms with Crippen LogP contribution in [0.5, 0.6) is 0 Å². The van der Waals surface area contributed by atoms with Crippen molar-refractivity contribution in [2.45, 2.75) is 37.8 Å². The molecule has 0 aromatic carbocycles. The van der Waals surface area contributed by atoms with E-state index >= 15 is 0 Å². The Kier molecular flexibility index (Phi) is 4.33. The maximum absolute atomic E-state index is 11.0. The van der Waals surface area contributed by atoms with E-state index < -0.39 is 20.0 Å². The Morgan fingerprint density at radius 3 is 1.56 bits per heavy atom. The van der Waals surface area contributed by atoms with E-state index in [4.69, 9.17) is 0 Å². The van der Waals surface area contributed by atoms with Crippen LogP contribution in [0.25, 0.3) is 0 Å². The van der Waals surface area contributed by atoms with Crippen molar-refractivity contribution in [2.75, 3.05) is 12.5 Å². The molecule has 1 aliphatic carbocycles. The molecule has 0 aromatic rings. The van der Waals surface area contributed by atoms with E-state index in [2.05, 4.69) is 9.44 Å². The lowest BCUT2D eigenvalue weighted by Gasteiger charge is -2.29. The van der Waals surface area contributed by atoms with Gasteiger partial charge in [-0.25, -0.2) is 26.3 Å². The summed E-state index contributed by atoms with van der Waals surface area (Å²) in [5.41, 5.74) is 0. The first-order valence-electron chi connectivity index (χ1n) is 5.10. The molecule has 1 rings (SSSR count). The van der Waals surface area contributed by atoms with Crippen LogP contribution in [0.4, 0.5) is 0 Å². The van der Waals surface area contributed by atoms with Crippen LogP contribution >= 0.6 is 0 Å². The molecule has 1 fully saturated rings. The highest BCUT2D eigenvalue weighted by atomic mass is 32.2. The molecule has 8 heteroatoms. The minimum atomic E-state index is -3.22. The van der Waals surface area contributed by atoms with Crippen LogP contribution in [0.2, 0.25) is 0 Å². The van der Waals surface area contributed by atoms with Crippen molar-refractivity contribution in [1.82, 2.24) is 9.44 Å². The third-order valence-corrected chi connectivity index (χ3v) is 3.96. The largest absolute Gasteiger partial charge is 0.213 e. The summed E-state index contributed by atoms with van der Waals surface area (Å²) in [5, 5.41) is 0. The summed E-state index contributed by atoms with van der Waals surface area (Å²) < 4.78 is 49.2. The molecule has 0 radical (unpaired) electrons. The SMILES string of the molecule is CS(=O)(=O)NC1CCCC(NS(C)(=O)=O)C1. The molecule has 1 aliphatic rings. The zero-order valence-electron chi connectivity index (χ0n) is 9.43. The third-order valence-electron chi connectivity index (χ3n) is 2.44. The van der Waals surface area contributed by atoms with Gasteiger partial charge < -0.3 is 0 Å². The van der Waals surface area contributed by atoms with E-state index in [1.54, 1.807) is 0 Å². The lowest BCUT2D eigenvalue weighted by Crippen LogP contribution is -2.45. The molecule has 96 valence electrons. The molecule has 16 heavy (non-hydrogen) atoms. The summed E-state index contributed by atoms with van der Waals surface area (Å²) in [7, 11) is -6.44. The van der Waals surface area contributed by atoms with Crippen LogP contribution in [-0.2, 0) is 20.0 Å². The molecular weight excluding hydrogens is 252 g/mol. The third kappa shape index (κ3) is 5.78. The Morgan fingerprint density at radius 1 is 0.875 bits per heavy atom. The van der Waals surface area contributed by atoms with Gasteiger partial charge in [-0.2, -0.15) is 0 Å². The summed E-state index contributed by atoms with van der Waals surface area (Å²) in [6.45, 7) is 0. The van der Waals surface area contributed by atoms with Crippen LogP contribution in [0.1, 0.15) is 25.7 Å². The Labute approximate surface area is 96.9 Å². The normalized spacial score (nSPS) is 27.9. The number of hydrogen-bond acceptors (Lipinski definition) is 4. The van der Waals surface area contributed by atoms with E-state index in [0.29, 0.717) is 6.42 Å². The second-order valence-electron chi connectivity index (χ2n) is 4.34. The molecule has 6 nitrogen and oxygen atoms in total. The van der Waals surface area contributed by atoms with Crippen molar-refractivity contribution in [3.63, 3.8) is 0 Å². The predicted octanol–water partition coefficient (Wildman–Crippen LogP) is -0.604. The van der Waals surface area contributed by atoms with Gasteiger partial charge in [0.05, 0.1) is 12.5 Å². The highest BCUT2D eigenvalue weighted by Gasteiger charge is 2.25. The van der Waals surface area contributed by atoms with Gasteiger partial charge in [0.25, 0.3) is 0 Å². The van der Waals surface area contributed by atoms with Gasteiger partial charge in [-0.3, -0.25) is 0 Å². The van der Waals surface area contributed by atoms with Gasteiger partial charge in [0, 0.05) is 12.1 Å². The van der Waals surface area contributed by atoms with E-state index in [9.17, 15) is 16.8 Å². The Hall–Kier alpha value is -0.180. The molecule has 2 unspecified atom stereocenters. The summed E-state index contributed by atoms with van der Waals surface area (Å²) in [4.78, 5) is 0. The molecule has 0 bridgehead atoms. The first-order valence-corrected chi connectivity index (χ1v) is 8.88. The zero-order chi connectivity index (χ0) is 12.4. The molecule has 0 saturated heterocycles. The number of sulfonamides is 2. The molecular formula is C8H18N2O4S2. The summed E-state index contributed by atoms with van der Waals surface area (Å²) in [6.07, 6.45) is 5.08. The maximum atomic E-state index is 11.0. The number of rotatable bonds is 4. The first-order chi connectivity index (χ1) is 7.16. The highest BCUT2D eigenvalue weighted by Crippen LogP contribution is 2.19. The van der Waals surface area contributed by atoms with Crippen molar-refractivity contribution in [3.05, 3.63) is 0 Å². The molecule has 0 amide bonds. The van der Waals surface area contributed by atoms with Gasteiger partial charge in [-0.05, 0) is 19.3 Å². The van der Waals surface area contributed by atoms with Crippen LogP contribution in [0, 0.1) is 0 Å². The highest BCUT2D eigenvalue weighted by molar-refractivity contribution is 7.89. The quantitative estimate of drug-likeness (QED) is 0.713. The van der Waals surface area contributed by atoms with E-state index in [1.165, 1.54) is 0 Å². The van der Waals surface area contributed by atoms with E-state index in [1.807, 2.05) is 0 Å². The lowest BCUT2D eigenvalue weighted by molar-refractivity contribution is 0.354. The Bertz CT molecular complexity index is 389. The Balaban J connectivity index is 2.54. The van der Waals surface area contributed by atoms with Gasteiger partial charge in [0.15, 0.2) is 0 Å². The zero-order valence-corrected chi connectivity index (χ0v) is 11.1. The lowest BCUT2D eigenvalue weighted by atomic mass is 9.92. The number of hydrogen-bond donors (Lipinski definition) is 2. The van der Waals surface area contributed by atoms with Crippen LogP contribution in [0.3, 0.4) is 0 Å². The maximum Gasteiger partial charge on any atom is 0.208 e. The summed E-state index contributed by atoms with van der Waals surface area (Å²) in [5.74, 6) is 0. The minimum Gasteiger partial charge on any atom is -0.213 e. The number of nitrogens with one attached hydrogen (secondary N) is 2. The standard InChI is InChI=1S/C8H18N2O4S2/c1-15(11,12)9-7-4-3-5-8(6-7)10-16(2,13)14/h7-10H,3-6H2,1-2H3. The second kappa shape index (κ2) is 4.99. The molecule has 1 saturated carbocycles. The van der Waals surface area contributed by atoms with Crippen LogP contribution in [-0.4, -0.2) is 41.4 Å². The van der Waals surface area contributed by atoms with Crippen molar-refractivity contribution in [2.24, 2.45) is 0 Å². The fraction of sp³-hybridized carbons (Fsp3) is 1.00. The van der Waals surface area contributed by atoms with Gasteiger partial charge in [-0.1, -0.05) is 6.42 Å². The fourth-order valence-electron chi connectivity index (χ4n) is 2.01. The van der Waals surface area contributed by atoms with Crippen LogP contribution in [0.15, 0.2) is 0 Å². The molecule has 0 heterocycles. The average molecular weight is 270 g/mol. The average Bonchev–Trinajstić information content (AvgIpc) is 1.96. The van der Waals surface area contributed by atoms with E-state index in [-0.39, 0.29) is 12.1 Å². The van der Waals surface area contributed by atoms with Crippen LogP contribution < -0.4 is 9.44 Å². The smallest absolute Gasteiger partial charge is 0.208 e. The predicted molar refractivity (Wildman–Crippen MR) is 62.0 cm³/mol. The second-order valence-corrected chi connectivity index (χ2v) is 7.90. The summed E-state index contributed by atoms with van der Waals surface area (Å²) in [6, 6.07) is -0.328. The van der Waals surface area contributed by atoms with Gasteiger partial charge in [-0.15, -0.1) is 0 Å². The van der Waals surface area contributed by atoms with Gasteiger partial charge in [0.1, 0.15) is 0 Å². The minimum absolute atomic E-state index is 0.164. The molecule has 2 N–H and O–H groups in total. The molecule has 0 spiro atoms. The van der Waals surface area contributed by atoms with Gasteiger partial charge >= 0.3 is 0 Å². The molecule has 2 atom stereocenters. The molecule has 0 aliphatic heterocycles. The topological polar surface area (TPSA) is 92.3 Å². The Morgan fingerprint density at radius 2 is 1.25 bits per heavy atom. The monoisotopic (exact) mass is 270 g/mol. The fourth-order valence-corrected chi connectivity index (χ4v) is 3.65. The molecule has 0 aromatic heterocycles. The van der Waals surface area contributed by atoms with Crippen molar-refractivity contribution < 1.29 is 16.8 Å². The van der Waals surface area contributed by atoms with Crippen molar-refractivity contribution in [3.8, 4) is 0 Å².